The van der Waals surface area contributed by atoms with Gasteiger partial charge in [0.1, 0.15) is 11.4 Å². The lowest BCUT2D eigenvalue weighted by atomic mass is 10.1. The van der Waals surface area contributed by atoms with Crippen LogP contribution in [0.2, 0.25) is 5.02 Å². The second-order valence-corrected chi connectivity index (χ2v) is 3.68. The first-order chi connectivity index (χ1) is 8.13. The third kappa shape index (κ3) is 2.14. The Morgan fingerprint density at radius 3 is 2.94 bits per heavy atom. The molecule has 0 aliphatic heterocycles. The summed E-state index contributed by atoms with van der Waals surface area (Å²) in [5, 5.41) is 0.405. The molecule has 0 aliphatic rings. The predicted octanol–water partition coefficient (Wildman–Crippen LogP) is 2.24. The summed E-state index contributed by atoms with van der Waals surface area (Å²) in [6.07, 6.45) is 1.13. The number of rotatable bonds is 2. The van der Waals surface area contributed by atoms with Crippen molar-refractivity contribution < 1.29 is 9.13 Å². The first-order valence-corrected chi connectivity index (χ1v) is 5.08. The lowest BCUT2D eigenvalue weighted by molar-refractivity contribution is 0.416. The van der Waals surface area contributed by atoms with Crippen LogP contribution in [0.1, 0.15) is 0 Å². The molecule has 2 aromatic rings. The summed E-state index contributed by atoms with van der Waals surface area (Å²) in [5.74, 6) is -0.570. The third-order valence-corrected chi connectivity index (χ3v) is 2.45. The molecule has 17 heavy (non-hydrogen) atoms. The van der Waals surface area contributed by atoms with Gasteiger partial charge in [0.2, 0.25) is 5.82 Å². The molecule has 1 N–H and O–H groups in total. The molecule has 0 aliphatic carbocycles. The lowest BCUT2D eigenvalue weighted by Gasteiger charge is -2.08. The molecule has 0 spiro atoms. The van der Waals surface area contributed by atoms with Crippen molar-refractivity contribution in [3.8, 4) is 17.0 Å². The molecule has 1 aromatic carbocycles. The maximum atomic E-state index is 13.6. The van der Waals surface area contributed by atoms with Crippen LogP contribution in [0.15, 0.2) is 29.3 Å². The highest BCUT2D eigenvalue weighted by Crippen LogP contribution is 2.31. The summed E-state index contributed by atoms with van der Waals surface area (Å²) < 4.78 is 18.7. The van der Waals surface area contributed by atoms with Crippen LogP contribution in [-0.2, 0) is 0 Å². The first kappa shape index (κ1) is 11.6. The quantitative estimate of drug-likeness (QED) is 0.894. The van der Waals surface area contributed by atoms with Crippen LogP contribution in [0.3, 0.4) is 0 Å². The van der Waals surface area contributed by atoms with Gasteiger partial charge in [-0.1, -0.05) is 11.6 Å². The van der Waals surface area contributed by atoms with Crippen molar-refractivity contribution in [3.63, 3.8) is 0 Å². The van der Waals surface area contributed by atoms with Crippen molar-refractivity contribution in [2.75, 3.05) is 7.11 Å². The van der Waals surface area contributed by atoms with Crippen LogP contribution < -0.4 is 10.3 Å². The smallest absolute Gasteiger partial charge is 0.287 e. The van der Waals surface area contributed by atoms with Crippen LogP contribution in [0.4, 0.5) is 4.39 Å². The number of nitrogens with zero attached hydrogens (tertiary/aromatic N) is 1. The molecule has 4 nitrogen and oxygen atoms in total. The monoisotopic (exact) mass is 254 g/mol. The zero-order valence-corrected chi connectivity index (χ0v) is 9.58. The molecule has 1 aromatic heterocycles. The SMILES string of the molecule is COc1ccc(Cl)cc1-c1nc[nH]c(=O)c1F. The van der Waals surface area contributed by atoms with Gasteiger partial charge in [0.05, 0.1) is 13.4 Å². The number of nitrogens with one attached hydrogen (secondary N) is 1. The Balaban J connectivity index is 2.71. The summed E-state index contributed by atoms with van der Waals surface area (Å²) in [7, 11) is 1.44. The van der Waals surface area contributed by atoms with Gasteiger partial charge in [-0.2, -0.15) is 4.39 Å². The number of H-pyrrole nitrogens is 1. The number of ether oxygens (including phenoxy) is 1. The molecule has 6 heteroatoms. The van der Waals surface area contributed by atoms with Crippen molar-refractivity contribution in [1.82, 2.24) is 9.97 Å². The first-order valence-electron chi connectivity index (χ1n) is 4.70. The largest absolute Gasteiger partial charge is 0.496 e. The average molecular weight is 255 g/mol. The van der Waals surface area contributed by atoms with E-state index >= 15 is 0 Å². The number of hydrogen-bond acceptors (Lipinski definition) is 3. The number of halogens is 2. The van der Waals surface area contributed by atoms with E-state index in [1.807, 2.05) is 0 Å². The fourth-order valence-corrected chi connectivity index (χ4v) is 1.61. The van der Waals surface area contributed by atoms with E-state index in [4.69, 9.17) is 16.3 Å². The van der Waals surface area contributed by atoms with Gasteiger partial charge in [-0.3, -0.25) is 4.79 Å². The molecule has 0 amide bonds. The normalized spacial score (nSPS) is 10.3. The van der Waals surface area contributed by atoms with Gasteiger partial charge in [-0.15, -0.1) is 0 Å². The van der Waals surface area contributed by atoms with Crippen LogP contribution in [0, 0.1) is 5.82 Å². The van der Waals surface area contributed by atoms with Crippen LogP contribution in [0.25, 0.3) is 11.3 Å². The molecule has 1 heterocycles. The predicted molar refractivity (Wildman–Crippen MR) is 61.8 cm³/mol. The van der Waals surface area contributed by atoms with E-state index in [1.54, 1.807) is 12.1 Å². The van der Waals surface area contributed by atoms with Crippen LogP contribution in [0.5, 0.6) is 5.75 Å². The van der Waals surface area contributed by atoms with Gasteiger partial charge in [0.15, 0.2) is 0 Å². The Labute approximate surface area is 101 Å². The van der Waals surface area contributed by atoms with E-state index in [0.717, 1.165) is 6.33 Å². The number of aromatic amines is 1. The van der Waals surface area contributed by atoms with E-state index in [1.165, 1.54) is 13.2 Å². The highest BCUT2D eigenvalue weighted by molar-refractivity contribution is 6.30. The van der Waals surface area contributed by atoms with Gasteiger partial charge >= 0.3 is 0 Å². The summed E-state index contributed by atoms with van der Waals surface area (Å²) in [6, 6.07) is 4.68. The summed E-state index contributed by atoms with van der Waals surface area (Å²) >= 11 is 5.82. The number of benzene rings is 1. The fourth-order valence-electron chi connectivity index (χ4n) is 1.44. The van der Waals surface area contributed by atoms with Crippen molar-refractivity contribution in [3.05, 3.63) is 45.7 Å². The summed E-state index contributed by atoms with van der Waals surface area (Å²) in [4.78, 5) is 17.1. The topological polar surface area (TPSA) is 55.0 Å². The van der Waals surface area contributed by atoms with Gasteiger partial charge in [0, 0.05) is 10.6 Å². The van der Waals surface area contributed by atoms with Gasteiger partial charge in [0.25, 0.3) is 5.56 Å². The van der Waals surface area contributed by atoms with E-state index in [2.05, 4.69) is 9.97 Å². The molecule has 0 unspecified atom stereocenters. The highest BCUT2D eigenvalue weighted by Gasteiger charge is 2.15. The van der Waals surface area contributed by atoms with Gasteiger partial charge in [-0.05, 0) is 18.2 Å². The van der Waals surface area contributed by atoms with Gasteiger partial charge < -0.3 is 9.72 Å². The molecular formula is C11H8ClFN2O2. The molecule has 0 saturated heterocycles. The second kappa shape index (κ2) is 4.55. The standard InChI is InChI=1S/C11H8ClFN2O2/c1-17-8-3-2-6(12)4-7(8)10-9(13)11(16)15-5-14-10/h2-5H,1H3,(H,14,15,16). The zero-order chi connectivity index (χ0) is 12.4. The molecule has 0 saturated carbocycles. The Morgan fingerprint density at radius 1 is 1.47 bits per heavy atom. The summed E-state index contributed by atoms with van der Waals surface area (Å²) in [6.45, 7) is 0. The maximum Gasteiger partial charge on any atom is 0.287 e. The minimum absolute atomic E-state index is 0.0897. The Bertz CT molecular complexity index is 613. The molecule has 0 atom stereocenters. The minimum atomic E-state index is -0.965. The molecule has 0 radical (unpaired) electrons. The molecule has 0 bridgehead atoms. The molecule has 0 fully saturated rings. The van der Waals surface area contributed by atoms with Crippen molar-refractivity contribution in [1.29, 1.82) is 0 Å². The number of methoxy groups -OCH3 is 1. The number of hydrogen-bond donors (Lipinski definition) is 1. The van der Waals surface area contributed by atoms with Crippen LogP contribution >= 0.6 is 11.6 Å². The van der Waals surface area contributed by atoms with E-state index in [0.29, 0.717) is 16.3 Å². The van der Waals surface area contributed by atoms with E-state index in [9.17, 15) is 9.18 Å². The minimum Gasteiger partial charge on any atom is -0.496 e. The Kier molecular flexibility index (Phi) is 3.10. The fraction of sp³-hybridized carbons (Fsp3) is 0.0909. The summed E-state index contributed by atoms with van der Waals surface area (Å²) in [5.41, 5.74) is -0.589. The van der Waals surface area contributed by atoms with E-state index in [-0.39, 0.29) is 5.69 Å². The third-order valence-electron chi connectivity index (χ3n) is 2.21. The van der Waals surface area contributed by atoms with Crippen LogP contribution in [-0.4, -0.2) is 17.1 Å². The van der Waals surface area contributed by atoms with Crippen molar-refractivity contribution in [2.45, 2.75) is 0 Å². The second-order valence-electron chi connectivity index (χ2n) is 3.24. The molecule has 88 valence electrons. The van der Waals surface area contributed by atoms with Crippen molar-refractivity contribution >= 4 is 11.6 Å². The zero-order valence-electron chi connectivity index (χ0n) is 8.83. The highest BCUT2D eigenvalue weighted by atomic mass is 35.5. The maximum absolute atomic E-state index is 13.6. The number of aromatic nitrogens is 2. The average Bonchev–Trinajstić information content (AvgIpc) is 2.33. The van der Waals surface area contributed by atoms with Gasteiger partial charge in [-0.25, -0.2) is 4.98 Å². The molecular weight excluding hydrogens is 247 g/mol. The van der Waals surface area contributed by atoms with E-state index < -0.39 is 11.4 Å². The lowest BCUT2D eigenvalue weighted by Crippen LogP contribution is -2.12. The molecule has 2 rings (SSSR count). The Morgan fingerprint density at radius 2 is 2.24 bits per heavy atom. The Hall–Kier alpha value is -1.88. The van der Waals surface area contributed by atoms with Crippen molar-refractivity contribution in [2.24, 2.45) is 0 Å².